The van der Waals surface area contributed by atoms with Crippen LogP contribution in [0.1, 0.15) is 5.69 Å². The fourth-order valence-corrected chi connectivity index (χ4v) is 1.03. The van der Waals surface area contributed by atoms with Crippen LogP contribution in [0, 0.1) is 0 Å². The van der Waals surface area contributed by atoms with Crippen molar-refractivity contribution in [2.75, 3.05) is 0 Å². The summed E-state index contributed by atoms with van der Waals surface area (Å²) in [5.74, 6) is -0.105. The molecular formula is C7H7ClF2N2O. The largest absolute Gasteiger partial charge is 0.433 e. The minimum atomic E-state index is -2.90. The number of halogens is 3. The van der Waals surface area contributed by atoms with Gasteiger partial charge in [-0.25, -0.2) is 0 Å². The number of hydrogen-bond donors (Lipinski definition) is 1. The van der Waals surface area contributed by atoms with Gasteiger partial charge in [0.2, 0.25) is 0 Å². The number of nitrogens with zero attached hydrogens (tertiary/aromatic N) is 1. The Kier molecular flexibility index (Phi) is 3.39. The van der Waals surface area contributed by atoms with E-state index in [0.29, 0.717) is 5.69 Å². The van der Waals surface area contributed by atoms with Gasteiger partial charge in [0.15, 0.2) is 0 Å². The SMILES string of the molecule is NCc1nccc(OC(F)F)c1Cl. The minimum Gasteiger partial charge on any atom is -0.433 e. The van der Waals surface area contributed by atoms with E-state index >= 15 is 0 Å². The summed E-state index contributed by atoms with van der Waals surface area (Å²) in [4.78, 5) is 3.78. The summed E-state index contributed by atoms with van der Waals surface area (Å²) in [6.45, 7) is -2.82. The highest BCUT2D eigenvalue weighted by molar-refractivity contribution is 6.32. The third-order valence-electron chi connectivity index (χ3n) is 1.34. The Morgan fingerprint density at radius 2 is 2.31 bits per heavy atom. The molecule has 72 valence electrons. The second-order valence-corrected chi connectivity index (χ2v) is 2.53. The Balaban J connectivity index is 2.94. The molecule has 0 saturated heterocycles. The van der Waals surface area contributed by atoms with Gasteiger partial charge in [0.25, 0.3) is 0 Å². The molecule has 2 N–H and O–H groups in total. The molecule has 1 aromatic rings. The first kappa shape index (κ1) is 10.1. The van der Waals surface area contributed by atoms with Crippen molar-refractivity contribution in [2.45, 2.75) is 13.2 Å². The van der Waals surface area contributed by atoms with E-state index < -0.39 is 6.61 Å². The van der Waals surface area contributed by atoms with Crippen molar-refractivity contribution < 1.29 is 13.5 Å². The van der Waals surface area contributed by atoms with Crippen LogP contribution in [0.15, 0.2) is 12.3 Å². The zero-order valence-electron chi connectivity index (χ0n) is 6.51. The lowest BCUT2D eigenvalue weighted by molar-refractivity contribution is -0.0498. The van der Waals surface area contributed by atoms with Crippen LogP contribution in [0.5, 0.6) is 5.75 Å². The van der Waals surface area contributed by atoms with Crippen molar-refractivity contribution in [3.63, 3.8) is 0 Å². The molecule has 3 nitrogen and oxygen atoms in total. The maximum Gasteiger partial charge on any atom is 0.387 e. The standard InChI is InChI=1S/C7H7ClF2N2O/c8-6-4(3-11)12-2-1-5(6)13-7(9)10/h1-2,7H,3,11H2. The van der Waals surface area contributed by atoms with Gasteiger partial charge in [-0.05, 0) is 0 Å². The Bertz CT molecular complexity index is 296. The molecule has 0 aromatic carbocycles. The highest BCUT2D eigenvalue weighted by atomic mass is 35.5. The third kappa shape index (κ3) is 2.50. The summed E-state index contributed by atoms with van der Waals surface area (Å²) < 4.78 is 27.7. The molecular weight excluding hydrogens is 202 g/mol. The Morgan fingerprint density at radius 1 is 1.62 bits per heavy atom. The topological polar surface area (TPSA) is 48.1 Å². The predicted molar refractivity (Wildman–Crippen MR) is 43.8 cm³/mol. The Hall–Kier alpha value is -0.940. The zero-order chi connectivity index (χ0) is 9.84. The van der Waals surface area contributed by atoms with Crippen molar-refractivity contribution in [1.29, 1.82) is 0 Å². The van der Waals surface area contributed by atoms with E-state index in [0.717, 1.165) is 0 Å². The number of hydrogen-bond acceptors (Lipinski definition) is 3. The van der Waals surface area contributed by atoms with Crippen molar-refractivity contribution in [3.8, 4) is 5.75 Å². The van der Waals surface area contributed by atoms with E-state index in [1.54, 1.807) is 0 Å². The van der Waals surface area contributed by atoms with E-state index in [1.165, 1.54) is 12.3 Å². The number of pyridine rings is 1. The lowest BCUT2D eigenvalue weighted by Crippen LogP contribution is -2.06. The fraction of sp³-hybridized carbons (Fsp3) is 0.286. The molecule has 1 heterocycles. The molecule has 0 aliphatic carbocycles. The van der Waals surface area contributed by atoms with Gasteiger partial charge in [0, 0.05) is 18.8 Å². The second-order valence-electron chi connectivity index (χ2n) is 2.15. The van der Waals surface area contributed by atoms with E-state index in [1.807, 2.05) is 0 Å². The highest BCUT2D eigenvalue weighted by Gasteiger charge is 2.11. The summed E-state index contributed by atoms with van der Waals surface area (Å²) in [5.41, 5.74) is 5.59. The number of ether oxygens (including phenoxy) is 1. The first-order valence-corrected chi connectivity index (χ1v) is 3.81. The van der Waals surface area contributed by atoms with Gasteiger partial charge in [-0.3, -0.25) is 4.98 Å². The van der Waals surface area contributed by atoms with Crippen LogP contribution in [0.3, 0.4) is 0 Å². The molecule has 1 aromatic heterocycles. The predicted octanol–water partition coefficient (Wildman–Crippen LogP) is 1.80. The zero-order valence-corrected chi connectivity index (χ0v) is 7.26. The molecule has 1 rings (SSSR count). The summed E-state index contributed by atoms with van der Waals surface area (Å²) in [6, 6.07) is 1.26. The van der Waals surface area contributed by atoms with Gasteiger partial charge in [-0.15, -0.1) is 0 Å². The number of alkyl halides is 2. The van der Waals surface area contributed by atoms with E-state index in [4.69, 9.17) is 17.3 Å². The fourth-order valence-electron chi connectivity index (χ4n) is 0.796. The highest BCUT2D eigenvalue weighted by Crippen LogP contribution is 2.27. The molecule has 0 fully saturated rings. The van der Waals surface area contributed by atoms with E-state index in [9.17, 15) is 8.78 Å². The number of aromatic nitrogens is 1. The Morgan fingerprint density at radius 3 is 2.85 bits per heavy atom. The normalized spacial score (nSPS) is 10.5. The number of nitrogens with two attached hydrogens (primary N) is 1. The van der Waals surface area contributed by atoms with Crippen LogP contribution in [0.4, 0.5) is 8.78 Å². The molecule has 0 atom stereocenters. The Labute approximate surface area is 78.5 Å². The van der Waals surface area contributed by atoms with Crippen LogP contribution < -0.4 is 10.5 Å². The molecule has 6 heteroatoms. The van der Waals surface area contributed by atoms with Gasteiger partial charge in [-0.1, -0.05) is 11.6 Å². The smallest absolute Gasteiger partial charge is 0.387 e. The first-order chi connectivity index (χ1) is 6.15. The van der Waals surface area contributed by atoms with Crippen molar-refractivity contribution in [3.05, 3.63) is 23.0 Å². The minimum absolute atomic E-state index is 0.0327. The van der Waals surface area contributed by atoms with Crippen molar-refractivity contribution >= 4 is 11.6 Å². The summed E-state index contributed by atoms with van der Waals surface area (Å²) in [7, 11) is 0. The molecule has 0 aliphatic heterocycles. The lowest BCUT2D eigenvalue weighted by Gasteiger charge is -2.07. The molecule has 0 aliphatic rings. The quantitative estimate of drug-likeness (QED) is 0.824. The summed E-state index contributed by atoms with van der Waals surface area (Å²) in [5, 5.41) is 0.0327. The van der Waals surface area contributed by atoms with Crippen LogP contribution in [-0.2, 0) is 6.54 Å². The maximum atomic E-state index is 11.8. The van der Waals surface area contributed by atoms with Crippen LogP contribution >= 0.6 is 11.6 Å². The van der Waals surface area contributed by atoms with E-state index in [2.05, 4.69) is 9.72 Å². The van der Waals surface area contributed by atoms with Crippen LogP contribution in [-0.4, -0.2) is 11.6 Å². The molecule has 0 amide bonds. The number of rotatable bonds is 3. The van der Waals surface area contributed by atoms with Crippen LogP contribution in [0.2, 0.25) is 5.02 Å². The monoisotopic (exact) mass is 208 g/mol. The van der Waals surface area contributed by atoms with Crippen LogP contribution in [0.25, 0.3) is 0 Å². The lowest BCUT2D eigenvalue weighted by atomic mass is 10.3. The van der Waals surface area contributed by atoms with Gasteiger partial charge < -0.3 is 10.5 Å². The maximum absolute atomic E-state index is 11.8. The summed E-state index contributed by atoms with van der Waals surface area (Å²) >= 11 is 5.65. The van der Waals surface area contributed by atoms with Gasteiger partial charge >= 0.3 is 6.61 Å². The van der Waals surface area contributed by atoms with Gasteiger partial charge in [0.05, 0.1) is 5.69 Å². The second kappa shape index (κ2) is 4.34. The van der Waals surface area contributed by atoms with E-state index in [-0.39, 0.29) is 17.3 Å². The third-order valence-corrected chi connectivity index (χ3v) is 1.74. The molecule has 0 spiro atoms. The van der Waals surface area contributed by atoms with Gasteiger partial charge in [-0.2, -0.15) is 8.78 Å². The average Bonchev–Trinajstić information content (AvgIpc) is 2.08. The molecule has 0 saturated carbocycles. The first-order valence-electron chi connectivity index (χ1n) is 3.43. The van der Waals surface area contributed by atoms with Crippen molar-refractivity contribution in [1.82, 2.24) is 4.98 Å². The van der Waals surface area contributed by atoms with Crippen molar-refractivity contribution in [2.24, 2.45) is 5.73 Å². The molecule has 13 heavy (non-hydrogen) atoms. The molecule has 0 radical (unpaired) electrons. The molecule has 0 unspecified atom stereocenters. The van der Waals surface area contributed by atoms with Gasteiger partial charge in [0.1, 0.15) is 10.8 Å². The molecule has 0 bridgehead atoms. The average molecular weight is 209 g/mol. The summed E-state index contributed by atoms with van der Waals surface area (Å²) in [6.07, 6.45) is 1.31.